The first-order chi connectivity index (χ1) is 11.1. The molecule has 6 nitrogen and oxygen atoms in total. The van der Waals surface area contributed by atoms with Crippen LogP contribution in [0.4, 0.5) is 10.9 Å². The molecule has 0 aromatic carbocycles. The summed E-state index contributed by atoms with van der Waals surface area (Å²) < 4.78 is 0. The molecule has 3 rings (SSSR count). The predicted octanol–water partition coefficient (Wildman–Crippen LogP) is 2.47. The fraction of sp³-hybridized carbons (Fsp3) is 0.562. The molecule has 2 aromatic heterocycles. The van der Waals surface area contributed by atoms with E-state index in [1.165, 1.54) is 0 Å². The van der Waals surface area contributed by atoms with Crippen molar-refractivity contribution in [1.29, 1.82) is 0 Å². The van der Waals surface area contributed by atoms with E-state index in [2.05, 4.69) is 20.2 Å². The maximum atomic E-state index is 9.14. The van der Waals surface area contributed by atoms with E-state index < -0.39 is 0 Å². The molecule has 1 fully saturated rings. The normalized spacial score (nSPS) is 19.0. The third-order valence-electron chi connectivity index (χ3n) is 4.01. The van der Waals surface area contributed by atoms with Crippen molar-refractivity contribution in [3.8, 4) is 0 Å². The molecule has 1 aliphatic heterocycles. The average molecular weight is 333 g/mol. The van der Waals surface area contributed by atoms with Crippen LogP contribution in [0.15, 0.2) is 11.4 Å². The number of piperidine rings is 1. The van der Waals surface area contributed by atoms with Crippen LogP contribution in [-0.4, -0.2) is 51.2 Å². The van der Waals surface area contributed by atoms with Gasteiger partial charge in [-0.15, -0.1) is 11.3 Å². The number of thiazole rings is 1. The summed E-state index contributed by atoms with van der Waals surface area (Å²) in [6.45, 7) is 6.88. The second-order valence-corrected chi connectivity index (χ2v) is 6.89. The molecule has 2 aromatic rings. The summed E-state index contributed by atoms with van der Waals surface area (Å²) in [5.74, 6) is 2.03. The number of aryl methyl sites for hydroxylation is 2. The fourth-order valence-electron chi connectivity index (χ4n) is 2.97. The SMILES string of the molecule is Cc1cc(Nc2nc(C)cs2)nc([C@@H]2CCCN(CCO)C2)n1. The zero-order valence-corrected chi connectivity index (χ0v) is 14.4. The van der Waals surface area contributed by atoms with Crippen molar-refractivity contribution in [3.63, 3.8) is 0 Å². The van der Waals surface area contributed by atoms with E-state index in [-0.39, 0.29) is 6.61 Å². The minimum atomic E-state index is 0.206. The van der Waals surface area contributed by atoms with Crippen LogP contribution in [0.25, 0.3) is 0 Å². The number of nitrogens with one attached hydrogen (secondary N) is 1. The Balaban J connectivity index is 1.77. The van der Waals surface area contributed by atoms with Gasteiger partial charge in [-0.1, -0.05) is 0 Å². The summed E-state index contributed by atoms with van der Waals surface area (Å²) in [6, 6.07) is 1.95. The number of anilines is 2. The lowest BCUT2D eigenvalue weighted by atomic mass is 9.97. The van der Waals surface area contributed by atoms with Gasteiger partial charge in [0.2, 0.25) is 0 Å². The lowest BCUT2D eigenvalue weighted by molar-refractivity contribution is 0.159. The highest BCUT2D eigenvalue weighted by molar-refractivity contribution is 7.13. The van der Waals surface area contributed by atoms with Gasteiger partial charge in [-0.3, -0.25) is 0 Å². The number of β-amino-alcohol motifs (C(OH)–C–C–N with tert-alkyl or cyclic N) is 1. The standard InChI is InChI=1S/C16H23N5OS/c1-11-8-14(20-16-18-12(2)10-23-16)19-15(17-11)13-4-3-5-21(9-13)6-7-22/h8,10,13,22H,3-7,9H2,1-2H3,(H,17,18,19,20)/t13-/m1/s1. The van der Waals surface area contributed by atoms with Crippen molar-refractivity contribution < 1.29 is 5.11 Å². The van der Waals surface area contributed by atoms with Gasteiger partial charge in [0.1, 0.15) is 11.6 Å². The Morgan fingerprint density at radius 2 is 2.17 bits per heavy atom. The number of likely N-dealkylation sites (tertiary alicyclic amines) is 1. The summed E-state index contributed by atoms with van der Waals surface area (Å²) in [5, 5.41) is 15.3. The lowest BCUT2D eigenvalue weighted by Crippen LogP contribution is -2.36. The van der Waals surface area contributed by atoms with Crippen LogP contribution in [0, 0.1) is 13.8 Å². The van der Waals surface area contributed by atoms with E-state index in [4.69, 9.17) is 10.1 Å². The van der Waals surface area contributed by atoms with E-state index in [1.54, 1.807) is 11.3 Å². The Labute approximate surface area is 140 Å². The lowest BCUT2D eigenvalue weighted by Gasteiger charge is -2.31. The number of aliphatic hydroxyl groups excluding tert-OH is 1. The minimum absolute atomic E-state index is 0.206. The molecule has 0 unspecified atom stereocenters. The first kappa shape index (κ1) is 16.3. The molecule has 124 valence electrons. The van der Waals surface area contributed by atoms with Gasteiger partial charge in [0.25, 0.3) is 0 Å². The Bertz CT molecular complexity index is 658. The van der Waals surface area contributed by atoms with Crippen LogP contribution in [0.2, 0.25) is 0 Å². The van der Waals surface area contributed by atoms with Crippen LogP contribution in [-0.2, 0) is 0 Å². The Hall–Kier alpha value is -1.57. The molecule has 3 heterocycles. The Morgan fingerprint density at radius 3 is 2.91 bits per heavy atom. The van der Waals surface area contributed by atoms with Crippen molar-refractivity contribution in [2.45, 2.75) is 32.6 Å². The predicted molar refractivity (Wildman–Crippen MR) is 92.4 cm³/mol. The summed E-state index contributed by atoms with van der Waals surface area (Å²) in [6.07, 6.45) is 2.22. The van der Waals surface area contributed by atoms with Crippen LogP contribution in [0.1, 0.15) is 36.0 Å². The topological polar surface area (TPSA) is 74.2 Å². The van der Waals surface area contributed by atoms with Crippen molar-refractivity contribution in [1.82, 2.24) is 19.9 Å². The van der Waals surface area contributed by atoms with Crippen LogP contribution >= 0.6 is 11.3 Å². The average Bonchev–Trinajstić information content (AvgIpc) is 2.92. The van der Waals surface area contributed by atoms with E-state index in [9.17, 15) is 0 Å². The third kappa shape index (κ3) is 4.25. The molecular formula is C16H23N5OS. The first-order valence-corrected chi connectivity index (χ1v) is 8.90. The van der Waals surface area contributed by atoms with E-state index in [0.717, 1.165) is 60.6 Å². The molecule has 2 N–H and O–H groups in total. The summed E-state index contributed by atoms with van der Waals surface area (Å²) in [7, 11) is 0. The first-order valence-electron chi connectivity index (χ1n) is 8.02. The second kappa shape index (κ2) is 7.33. The van der Waals surface area contributed by atoms with E-state index in [1.807, 2.05) is 25.3 Å². The van der Waals surface area contributed by atoms with Crippen LogP contribution in [0.5, 0.6) is 0 Å². The molecule has 1 atom stereocenters. The van der Waals surface area contributed by atoms with E-state index in [0.29, 0.717) is 5.92 Å². The molecule has 23 heavy (non-hydrogen) atoms. The van der Waals surface area contributed by atoms with Gasteiger partial charge < -0.3 is 15.3 Å². The fourth-order valence-corrected chi connectivity index (χ4v) is 3.66. The van der Waals surface area contributed by atoms with Crippen molar-refractivity contribution in [3.05, 3.63) is 28.7 Å². The molecule has 1 aliphatic rings. The van der Waals surface area contributed by atoms with E-state index >= 15 is 0 Å². The monoisotopic (exact) mass is 333 g/mol. The van der Waals surface area contributed by atoms with Crippen LogP contribution < -0.4 is 5.32 Å². The number of nitrogens with zero attached hydrogens (tertiary/aromatic N) is 4. The highest BCUT2D eigenvalue weighted by Gasteiger charge is 2.23. The largest absolute Gasteiger partial charge is 0.395 e. The highest BCUT2D eigenvalue weighted by Crippen LogP contribution is 2.26. The number of aliphatic hydroxyl groups is 1. The van der Waals surface area contributed by atoms with Crippen molar-refractivity contribution in [2.24, 2.45) is 0 Å². The Morgan fingerprint density at radius 1 is 1.30 bits per heavy atom. The molecule has 0 bridgehead atoms. The minimum Gasteiger partial charge on any atom is -0.395 e. The number of aromatic nitrogens is 3. The zero-order valence-electron chi connectivity index (χ0n) is 13.6. The smallest absolute Gasteiger partial charge is 0.188 e. The summed E-state index contributed by atoms with van der Waals surface area (Å²) in [4.78, 5) is 16.1. The van der Waals surface area contributed by atoms with Crippen LogP contribution in [0.3, 0.4) is 0 Å². The summed E-state index contributed by atoms with van der Waals surface area (Å²) >= 11 is 1.58. The maximum absolute atomic E-state index is 9.14. The van der Waals surface area contributed by atoms with Gasteiger partial charge in [-0.05, 0) is 33.2 Å². The molecule has 0 aliphatic carbocycles. The van der Waals surface area contributed by atoms with Gasteiger partial charge in [-0.2, -0.15) is 0 Å². The molecule has 0 amide bonds. The quantitative estimate of drug-likeness (QED) is 0.875. The second-order valence-electron chi connectivity index (χ2n) is 6.04. The number of hydrogen-bond acceptors (Lipinski definition) is 7. The number of hydrogen-bond donors (Lipinski definition) is 2. The zero-order chi connectivity index (χ0) is 16.2. The molecule has 0 spiro atoms. The maximum Gasteiger partial charge on any atom is 0.188 e. The third-order valence-corrected chi connectivity index (χ3v) is 4.89. The van der Waals surface area contributed by atoms with Gasteiger partial charge >= 0.3 is 0 Å². The number of rotatable bonds is 5. The van der Waals surface area contributed by atoms with Gasteiger partial charge in [0, 0.05) is 36.1 Å². The van der Waals surface area contributed by atoms with Gasteiger partial charge in [0.05, 0.1) is 12.3 Å². The molecule has 0 radical (unpaired) electrons. The molecule has 1 saturated heterocycles. The van der Waals surface area contributed by atoms with Gasteiger partial charge in [-0.25, -0.2) is 15.0 Å². The Kier molecular flexibility index (Phi) is 5.20. The highest BCUT2D eigenvalue weighted by atomic mass is 32.1. The summed E-state index contributed by atoms with van der Waals surface area (Å²) in [5.41, 5.74) is 1.97. The molecule has 7 heteroatoms. The van der Waals surface area contributed by atoms with Crippen molar-refractivity contribution >= 4 is 22.3 Å². The molecule has 0 saturated carbocycles. The molecular weight excluding hydrogens is 310 g/mol. The van der Waals surface area contributed by atoms with Crippen molar-refractivity contribution in [2.75, 3.05) is 31.6 Å². The van der Waals surface area contributed by atoms with Gasteiger partial charge in [0.15, 0.2) is 5.13 Å².